The molecular formula is C46H50N4O12. The standard InChI is InChI=1S/C46H50N4O12/c1-31-23-25-49(27-33-15-7-3-8-16-33)29-37(31)59-43(55)47-61-41(53)45(57,39(51)35-19-11-5-12-20-35)46(58,40(52)36-21-13-6-14-22-36)42(54)62-48-44(56)60-38-30-50(26-24-32(38)2)28-34-17-9-4-10-18-34/h3-22,31-32,37-38,57-58H,23-30H2,1-2H3,(H,47,55)(H,48,56)/t31-,32-,37+,38+,45?,46?/m1/s1. The van der Waals surface area contributed by atoms with Gasteiger partial charge < -0.3 is 29.4 Å². The van der Waals surface area contributed by atoms with E-state index in [4.69, 9.17) is 19.1 Å². The van der Waals surface area contributed by atoms with Crippen molar-refractivity contribution in [3.8, 4) is 0 Å². The molecule has 16 nitrogen and oxygen atoms in total. The second-order valence-corrected chi connectivity index (χ2v) is 15.7. The van der Waals surface area contributed by atoms with Crippen LogP contribution in [0, 0.1) is 11.8 Å². The van der Waals surface area contributed by atoms with Gasteiger partial charge in [0.2, 0.25) is 11.6 Å². The summed E-state index contributed by atoms with van der Waals surface area (Å²) in [6, 6.07) is 32.3. The van der Waals surface area contributed by atoms with Crippen LogP contribution in [0.15, 0.2) is 121 Å². The molecule has 0 saturated carbocycles. The summed E-state index contributed by atoms with van der Waals surface area (Å²) in [6.07, 6.45) is -2.65. The summed E-state index contributed by atoms with van der Waals surface area (Å²) in [6.45, 7) is 7.03. The molecule has 326 valence electrons. The SMILES string of the molecule is C[C@@H]1CCN(Cc2ccccc2)C[C@@H]1OC(=O)NOC(=O)C(O)(C(=O)c1ccccc1)C(O)(C(=O)ONC(=O)O[C@H]1CN(Cc2ccccc2)CC[C@H]1C)C(=O)c1ccccc1. The van der Waals surface area contributed by atoms with Gasteiger partial charge in [0.1, 0.15) is 12.2 Å². The summed E-state index contributed by atoms with van der Waals surface area (Å²) in [5.74, 6) is -7.94. The second kappa shape index (κ2) is 20.4. The number of carbonyl (C=O) groups excluding carboxylic acids is 6. The highest BCUT2D eigenvalue weighted by molar-refractivity contribution is 6.29. The molecule has 2 aliphatic rings. The fourth-order valence-corrected chi connectivity index (χ4v) is 7.53. The number of likely N-dealkylation sites (tertiary alicyclic amines) is 2. The summed E-state index contributed by atoms with van der Waals surface area (Å²) >= 11 is 0. The van der Waals surface area contributed by atoms with Crippen LogP contribution in [-0.4, -0.2) is 105 Å². The molecule has 0 bridgehead atoms. The van der Waals surface area contributed by atoms with E-state index < -0.39 is 70.2 Å². The van der Waals surface area contributed by atoms with Crippen molar-refractivity contribution in [1.82, 2.24) is 20.8 Å². The normalized spacial score (nSPS) is 21.2. The van der Waals surface area contributed by atoms with Crippen molar-refractivity contribution < 1.29 is 58.1 Å². The van der Waals surface area contributed by atoms with Crippen LogP contribution in [-0.2, 0) is 41.8 Å². The number of rotatable bonds is 13. The van der Waals surface area contributed by atoms with E-state index in [1.807, 2.05) is 74.5 Å². The first-order valence-corrected chi connectivity index (χ1v) is 20.3. The molecule has 2 unspecified atom stereocenters. The number of piperidine rings is 2. The molecule has 16 heteroatoms. The molecule has 6 atom stereocenters. The number of hydrogen-bond donors (Lipinski definition) is 4. The van der Waals surface area contributed by atoms with Gasteiger partial charge >= 0.3 is 24.1 Å². The quantitative estimate of drug-likeness (QED) is 0.0636. The molecule has 62 heavy (non-hydrogen) atoms. The van der Waals surface area contributed by atoms with Gasteiger partial charge in [-0.2, -0.15) is 0 Å². The van der Waals surface area contributed by atoms with Crippen molar-refractivity contribution in [2.75, 3.05) is 26.2 Å². The second-order valence-electron chi connectivity index (χ2n) is 15.7. The summed E-state index contributed by atoms with van der Waals surface area (Å²) in [5.41, 5.74) is -3.71. The van der Waals surface area contributed by atoms with Gasteiger partial charge in [-0.3, -0.25) is 19.4 Å². The number of hydroxylamine groups is 2. The smallest absolute Gasteiger partial charge is 0.441 e. The Morgan fingerprint density at radius 1 is 0.548 bits per heavy atom. The first-order chi connectivity index (χ1) is 29.8. The molecular weight excluding hydrogens is 801 g/mol. The minimum atomic E-state index is -4.17. The van der Waals surface area contributed by atoms with Crippen LogP contribution in [0.5, 0.6) is 0 Å². The Morgan fingerprint density at radius 2 is 0.871 bits per heavy atom. The lowest BCUT2D eigenvalue weighted by molar-refractivity contribution is -0.200. The zero-order valence-corrected chi connectivity index (χ0v) is 34.4. The van der Waals surface area contributed by atoms with Crippen LogP contribution in [0.1, 0.15) is 58.5 Å². The third-order valence-electron chi connectivity index (χ3n) is 11.3. The Kier molecular flexibility index (Phi) is 14.8. The maximum absolute atomic E-state index is 14.2. The minimum absolute atomic E-state index is 0.114. The van der Waals surface area contributed by atoms with Gasteiger partial charge in [-0.05, 0) is 48.9 Å². The number of aliphatic hydroxyl groups is 2. The van der Waals surface area contributed by atoms with E-state index in [0.29, 0.717) is 39.0 Å². The average molecular weight is 851 g/mol. The minimum Gasteiger partial charge on any atom is -0.443 e. The molecule has 2 amide bonds. The topological polar surface area (TPSA) is 210 Å². The van der Waals surface area contributed by atoms with Crippen LogP contribution in [0.25, 0.3) is 0 Å². The number of carbonyl (C=O) groups is 6. The van der Waals surface area contributed by atoms with Crippen LogP contribution in [0.3, 0.4) is 0 Å². The lowest BCUT2D eigenvalue weighted by Gasteiger charge is -2.37. The first kappa shape index (κ1) is 45.1. The van der Waals surface area contributed by atoms with E-state index in [2.05, 4.69) is 9.80 Å². The maximum atomic E-state index is 14.2. The van der Waals surface area contributed by atoms with E-state index in [1.165, 1.54) is 36.4 Å². The lowest BCUT2D eigenvalue weighted by Crippen LogP contribution is -2.73. The largest absolute Gasteiger partial charge is 0.443 e. The van der Waals surface area contributed by atoms with E-state index in [-0.39, 0.29) is 11.8 Å². The van der Waals surface area contributed by atoms with Gasteiger partial charge in [-0.1, -0.05) is 135 Å². The lowest BCUT2D eigenvalue weighted by atomic mass is 9.73. The molecule has 2 saturated heterocycles. The van der Waals surface area contributed by atoms with Gasteiger partial charge in [0, 0.05) is 37.3 Å². The molecule has 4 aromatic carbocycles. The molecule has 0 radical (unpaired) electrons. The van der Waals surface area contributed by atoms with E-state index in [0.717, 1.165) is 48.5 Å². The zero-order chi connectivity index (χ0) is 44.3. The van der Waals surface area contributed by atoms with E-state index in [9.17, 15) is 39.0 Å². The number of benzene rings is 4. The molecule has 4 aromatic rings. The van der Waals surface area contributed by atoms with Crippen LogP contribution < -0.4 is 11.0 Å². The molecule has 2 fully saturated rings. The molecule has 0 aliphatic carbocycles. The number of nitrogens with zero attached hydrogens (tertiary/aromatic N) is 2. The molecule has 6 rings (SSSR count). The van der Waals surface area contributed by atoms with Crippen LogP contribution in [0.2, 0.25) is 0 Å². The fourth-order valence-electron chi connectivity index (χ4n) is 7.53. The van der Waals surface area contributed by atoms with Crippen molar-refractivity contribution >= 4 is 35.7 Å². The van der Waals surface area contributed by atoms with E-state index in [1.54, 1.807) is 11.0 Å². The van der Waals surface area contributed by atoms with Crippen molar-refractivity contribution in [3.63, 3.8) is 0 Å². The van der Waals surface area contributed by atoms with Gasteiger partial charge in [0.25, 0.3) is 11.2 Å². The van der Waals surface area contributed by atoms with Gasteiger partial charge in [-0.15, -0.1) is 11.0 Å². The summed E-state index contributed by atoms with van der Waals surface area (Å²) in [5, 5.41) is 24.5. The third-order valence-corrected chi connectivity index (χ3v) is 11.3. The Labute approximate surface area is 358 Å². The van der Waals surface area contributed by atoms with E-state index >= 15 is 0 Å². The number of amides is 2. The molecule has 0 spiro atoms. The Balaban J connectivity index is 1.20. The highest BCUT2D eigenvalue weighted by Gasteiger charge is 2.71. The van der Waals surface area contributed by atoms with Gasteiger partial charge in [0.05, 0.1) is 0 Å². The predicted molar refractivity (Wildman–Crippen MR) is 221 cm³/mol. The number of hydrogen-bond acceptors (Lipinski definition) is 14. The summed E-state index contributed by atoms with van der Waals surface area (Å²) < 4.78 is 11.2. The first-order valence-electron chi connectivity index (χ1n) is 20.3. The fraction of sp³-hybridized carbons (Fsp3) is 0.348. The van der Waals surface area contributed by atoms with Crippen LogP contribution in [0.4, 0.5) is 9.59 Å². The maximum Gasteiger partial charge on any atom is 0.441 e. The molecule has 2 heterocycles. The summed E-state index contributed by atoms with van der Waals surface area (Å²) in [4.78, 5) is 96.9. The highest BCUT2D eigenvalue weighted by atomic mass is 16.7. The highest BCUT2D eigenvalue weighted by Crippen LogP contribution is 2.34. The number of nitrogens with one attached hydrogen (secondary N) is 2. The van der Waals surface area contributed by atoms with Crippen molar-refractivity contribution in [2.45, 2.75) is 63.2 Å². The predicted octanol–water partition coefficient (Wildman–Crippen LogP) is 4.40. The monoisotopic (exact) mass is 850 g/mol. The number of ketones is 2. The number of Topliss-reactive ketones (excluding diaryl/α,β-unsaturated/α-hetero) is 2. The Bertz CT molecular complexity index is 2030. The Hall–Kier alpha value is -6.46. The zero-order valence-electron chi connectivity index (χ0n) is 34.4. The van der Waals surface area contributed by atoms with Gasteiger partial charge in [0.15, 0.2) is 0 Å². The molecule has 4 N–H and O–H groups in total. The van der Waals surface area contributed by atoms with Crippen molar-refractivity contribution in [3.05, 3.63) is 144 Å². The summed E-state index contributed by atoms with van der Waals surface area (Å²) in [7, 11) is 0. The molecule has 2 aliphatic heterocycles. The van der Waals surface area contributed by atoms with Gasteiger partial charge in [-0.25, -0.2) is 19.2 Å². The molecule has 0 aromatic heterocycles. The number of ether oxygens (including phenoxy) is 2. The van der Waals surface area contributed by atoms with Crippen molar-refractivity contribution in [1.29, 1.82) is 0 Å². The van der Waals surface area contributed by atoms with Crippen LogP contribution >= 0.6 is 0 Å². The van der Waals surface area contributed by atoms with Crippen molar-refractivity contribution in [2.24, 2.45) is 11.8 Å². The third kappa shape index (κ3) is 10.5. The Morgan fingerprint density at radius 3 is 1.21 bits per heavy atom. The average Bonchev–Trinajstić information content (AvgIpc) is 3.29.